The number of benzene rings is 1. The molecule has 1 aromatic rings. The van der Waals surface area contributed by atoms with E-state index >= 15 is 0 Å². The lowest BCUT2D eigenvalue weighted by Crippen LogP contribution is -2.20. The Morgan fingerprint density at radius 2 is 2.22 bits per heavy atom. The Kier molecular flexibility index (Phi) is 3.37. The van der Waals surface area contributed by atoms with Crippen molar-refractivity contribution >= 4 is 0 Å². The maximum Gasteiger partial charge on any atom is 0.119 e. The van der Waals surface area contributed by atoms with Crippen LogP contribution in [0.1, 0.15) is 49.3 Å². The summed E-state index contributed by atoms with van der Waals surface area (Å²) in [6, 6.07) is 6.33. The van der Waals surface area contributed by atoms with Crippen molar-refractivity contribution in [1.29, 1.82) is 0 Å². The highest BCUT2D eigenvalue weighted by atomic mass is 16.3. The number of rotatable bonds is 4. The number of phenols is 1. The van der Waals surface area contributed by atoms with Crippen LogP contribution in [0.25, 0.3) is 0 Å². The first-order chi connectivity index (χ1) is 8.84. The van der Waals surface area contributed by atoms with Crippen LogP contribution in [-0.2, 0) is 6.42 Å². The molecule has 1 atom stereocenters. The molecule has 2 nitrogen and oxygen atoms in total. The maximum atomic E-state index is 9.81. The largest absolute Gasteiger partial charge is 0.508 e. The van der Waals surface area contributed by atoms with Crippen molar-refractivity contribution in [2.75, 3.05) is 6.54 Å². The second kappa shape index (κ2) is 5.15. The number of hydrogen-bond donors (Lipinski definition) is 2. The van der Waals surface area contributed by atoms with Crippen LogP contribution >= 0.6 is 0 Å². The highest BCUT2D eigenvalue weighted by molar-refractivity contribution is 5.44. The van der Waals surface area contributed by atoms with E-state index in [9.17, 15) is 5.11 Å². The molecule has 18 heavy (non-hydrogen) atoms. The first-order valence-corrected chi connectivity index (χ1v) is 7.06. The predicted molar refractivity (Wildman–Crippen MR) is 73.7 cm³/mol. The molecule has 0 heterocycles. The van der Waals surface area contributed by atoms with Crippen LogP contribution in [0.15, 0.2) is 29.8 Å². The highest BCUT2D eigenvalue weighted by Gasteiger charge is 2.23. The minimum atomic E-state index is 0.439. The van der Waals surface area contributed by atoms with Gasteiger partial charge in [-0.15, -0.1) is 0 Å². The average molecular weight is 243 g/mol. The van der Waals surface area contributed by atoms with E-state index in [0.29, 0.717) is 11.8 Å². The van der Waals surface area contributed by atoms with E-state index in [4.69, 9.17) is 0 Å². The third-order valence-corrected chi connectivity index (χ3v) is 4.22. The standard InChI is InChI=1S/C16H21NO/c18-16-7-3-6-13-14(16)8-9-15(13)17-11-10-12-4-1-2-5-12/h3-4,6-7,15,17-18H,1-2,5,8-11H2. The minimum Gasteiger partial charge on any atom is -0.508 e. The lowest BCUT2D eigenvalue weighted by molar-refractivity contribution is 0.469. The molecule has 0 amide bonds. The van der Waals surface area contributed by atoms with Gasteiger partial charge < -0.3 is 10.4 Å². The van der Waals surface area contributed by atoms with Crippen LogP contribution in [0.2, 0.25) is 0 Å². The van der Waals surface area contributed by atoms with E-state index in [0.717, 1.165) is 24.9 Å². The molecule has 1 unspecified atom stereocenters. The molecule has 0 aromatic heterocycles. The predicted octanol–water partition coefficient (Wildman–Crippen LogP) is 3.47. The Labute approximate surface area is 109 Å². The molecule has 2 heteroatoms. The van der Waals surface area contributed by atoms with E-state index < -0.39 is 0 Å². The molecule has 0 spiro atoms. The van der Waals surface area contributed by atoms with E-state index in [1.807, 2.05) is 6.07 Å². The van der Waals surface area contributed by atoms with Crippen LogP contribution in [0.3, 0.4) is 0 Å². The molecule has 0 saturated carbocycles. The summed E-state index contributed by atoms with van der Waals surface area (Å²) in [5, 5.41) is 13.5. The number of hydrogen-bond acceptors (Lipinski definition) is 2. The van der Waals surface area contributed by atoms with Crippen molar-refractivity contribution in [2.24, 2.45) is 0 Å². The van der Waals surface area contributed by atoms with Crippen molar-refractivity contribution in [3.8, 4) is 5.75 Å². The van der Waals surface area contributed by atoms with E-state index in [-0.39, 0.29) is 0 Å². The molecule has 2 aliphatic rings. The topological polar surface area (TPSA) is 32.3 Å². The van der Waals surface area contributed by atoms with E-state index in [1.165, 1.54) is 31.2 Å². The second-order valence-corrected chi connectivity index (χ2v) is 5.39. The van der Waals surface area contributed by atoms with Crippen LogP contribution < -0.4 is 5.32 Å². The third-order valence-electron chi connectivity index (χ3n) is 4.22. The summed E-state index contributed by atoms with van der Waals surface area (Å²) < 4.78 is 0. The Balaban J connectivity index is 1.58. The zero-order valence-electron chi connectivity index (χ0n) is 10.8. The fraction of sp³-hybridized carbons (Fsp3) is 0.500. The third kappa shape index (κ3) is 2.30. The van der Waals surface area contributed by atoms with Gasteiger partial charge in [-0.25, -0.2) is 0 Å². The lowest BCUT2D eigenvalue weighted by Gasteiger charge is -2.14. The normalized spacial score (nSPS) is 22.0. The number of aromatic hydroxyl groups is 1. The minimum absolute atomic E-state index is 0.439. The van der Waals surface area contributed by atoms with Crippen LogP contribution in [0.5, 0.6) is 5.75 Å². The van der Waals surface area contributed by atoms with Crippen molar-refractivity contribution < 1.29 is 5.11 Å². The quantitative estimate of drug-likeness (QED) is 0.794. The Morgan fingerprint density at radius 1 is 1.28 bits per heavy atom. The van der Waals surface area contributed by atoms with Gasteiger partial charge in [-0.1, -0.05) is 23.8 Å². The summed E-state index contributed by atoms with van der Waals surface area (Å²) in [5.74, 6) is 0.468. The summed E-state index contributed by atoms with van der Waals surface area (Å²) >= 11 is 0. The number of phenolic OH excluding ortho intramolecular Hbond substituents is 1. The Bertz CT molecular complexity index is 464. The zero-order valence-corrected chi connectivity index (χ0v) is 10.8. The smallest absolute Gasteiger partial charge is 0.119 e. The van der Waals surface area contributed by atoms with Crippen molar-refractivity contribution in [3.05, 3.63) is 41.0 Å². The SMILES string of the molecule is Oc1cccc2c1CCC2NCCC1=CCCC1. The highest BCUT2D eigenvalue weighted by Crippen LogP contribution is 2.36. The summed E-state index contributed by atoms with van der Waals surface area (Å²) in [7, 11) is 0. The van der Waals surface area contributed by atoms with Gasteiger partial charge in [0.15, 0.2) is 0 Å². The molecule has 0 aliphatic heterocycles. The van der Waals surface area contributed by atoms with Gasteiger partial charge in [-0.3, -0.25) is 0 Å². The molecule has 0 saturated heterocycles. The summed E-state index contributed by atoms with van der Waals surface area (Å²) in [6.07, 6.45) is 9.61. The van der Waals surface area contributed by atoms with Crippen molar-refractivity contribution in [2.45, 2.75) is 44.6 Å². The van der Waals surface area contributed by atoms with Gasteiger partial charge in [-0.05, 0) is 62.3 Å². The molecule has 2 N–H and O–H groups in total. The molecule has 2 aliphatic carbocycles. The van der Waals surface area contributed by atoms with Crippen LogP contribution in [0.4, 0.5) is 0 Å². The van der Waals surface area contributed by atoms with Gasteiger partial charge >= 0.3 is 0 Å². The van der Waals surface area contributed by atoms with Crippen LogP contribution in [0, 0.1) is 0 Å². The number of nitrogens with one attached hydrogen (secondary N) is 1. The fourth-order valence-corrected chi connectivity index (χ4v) is 3.22. The molecule has 0 bridgehead atoms. The van der Waals surface area contributed by atoms with Gasteiger partial charge in [0.25, 0.3) is 0 Å². The molecule has 3 rings (SSSR count). The fourth-order valence-electron chi connectivity index (χ4n) is 3.22. The average Bonchev–Trinajstić information content (AvgIpc) is 3.00. The summed E-state index contributed by atoms with van der Waals surface area (Å²) in [5.41, 5.74) is 4.07. The van der Waals surface area contributed by atoms with Gasteiger partial charge in [0, 0.05) is 6.04 Å². The molecule has 1 aromatic carbocycles. The van der Waals surface area contributed by atoms with Crippen LogP contribution in [-0.4, -0.2) is 11.7 Å². The molecule has 0 fully saturated rings. The van der Waals surface area contributed by atoms with Crippen molar-refractivity contribution in [1.82, 2.24) is 5.32 Å². The van der Waals surface area contributed by atoms with E-state index in [2.05, 4.69) is 17.5 Å². The van der Waals surface area contributed by atoms with Gasteiger partial charge in [0.2, 0.25) is 0 Å². The monoisotopic (exact) mass is 243 g/mol. The zero-order chi connectivity index (χ0) is 12.4. The van der Waals surface area contributed by atoms with Gasteiger partial charge in [0.1, 0.15) is 5.75 Å². The summed E-state index contributed by atoms with van der Waals surface area (Å²) in [6.45, 7) is 1.06. The molecule has 0 radical (unpaired) electrons. The van der Waals surface area contributed by atoms with Crippen molar-refractivity contribution in [3.63, 3.8) is 0 Å². The lowest BCUT2D eigenvalue weighted by atomic mass is 10.1. The molecular weight excluding hydrogens is 222 g/mol. The second-order valence-electron chi connectivity index (χ2n) is 5.39. The maximum absolute atomic E-state index is 9.81. The summed E-state index contributed by atoms with van der Waals surface area (Å²) in [4.78, 5) is 0. The van der Waals surface area contributed by atoms with Gasteiger partial charge in [0.05, 0.1) is 0 Å². The number of fused-ring (bicyclic) bond motifs is 1. The first kappa shape index (κ1) is 11.8. The van der Waals surface area contributed by atoms with E-state index in [1.54, 1.807) is 11.6 Å². The Hall–Kier alpha value is -1.28. The number of allylic oxidation sites excluding steroid dienone is 1. The molecular formula is C16H21NO. The first-order valence-electron chi connectivity index (χ1n) is 7.06. The van der Waals surface area contributed by atoms with Gasteiger partial charge in [-0.2, -0.15) is 0 Å². The molecule has 96 valence electrons. The Morgan fingerprint density at radius 3 is 3.06 bits per heavy atom.